The molecule has 0 atom stereocenters. The van der Waals surface area contributed by atoms with E-state index in [1.54, 1.807) is 6.33 Å². The SMILES string of the molecule is Cc1[nH]cnc1CN(CCN(C)C)C(=O)Cc1ccccc1Cl. The number of carbonyl (C=O) groups excluding carboxylic acids is 1. The predicted octanol–water partition coefficient (Wildman–Crippen LogP) is 2.50. The summed E-state index contributed by atoms with van der Waals surface area (Å²) in [5, 5.41) is 0.629. The average Bonchev–Trinajstić information content (AvgIpc) is 2.90. The highest BCUT2D eigenvalue weighted by Crippen LogP contribution is 2.17. The lowest BCUT2D eigenvalue weighted by Gasteiger charge is -2.24. The van der Waals surface area contributed by atoms with E-state index in [0.717, 1.165) is 23.5 Å². The molecule has 0 radical (unpaired) electrons. The molecular weight excluding hydrogens is 312 g/mol. The van der Waals surface area contributed by atoms with Gasteiger partial charge in [-0.05, 0) is 32.6 Å². The summed E-state index contributed by atoms with van der Waals surface area (Å²) >= 11 is 6.17. The van der Waals surface area contributed by atoms with E-state index in [0.29, 0.717) is 24.5 Å². The molecule has 0 saturated heterocycles. The van der Waals surface area contributed by atoms with Crippen LogP contribution >= 0.6 is 11.6 Å². The summed E-state index contributed by atoms with van der Waals surface area (Å²) in [5.74, 6) is 0.0577. The second kappa shape index (κ2) is 8.13. The number of likely N-dealkylation sites (N-methyl/N-ethyl adjacent to an activating group) is 1. The molecule has 1 aromatic heterocycles. The first kappa shape index (κ1) is 17.5. The van der Waals surface area contributed by atoms with Crippen LogP contribution in [0.2, 0.25) is 5.02 Å². The van der Waals surface area contributed by atoms with E-state index in [1.165, 1.54) is 0 Å². The largest absolute Gasteiger partial charge is 0.348 e. The molecule has 0 aliphatic heterocycles. The Morgan fingerprint density at radius 2 is 2.00 bits per heavy atom. The van der Waals surface area contributed by atoms with E-state index < -0.39 is 0 Å². The molecule has 0 spiro atoms. The number of halogens is 1. The van der Waals surface area contributed by atoms with Crippen molar-refractivity contribution in [2.45, 2.75) is 19.9 Å². The topological polar surface area (TPSA) is 52.2 Å². The van der Waals surface area contributed by atoms with Crippen LogP contribution in [0.4, 0.5) is 0 Å². The number of nitrogens with zero attached hydrogens (tertiary/aromatic N) is 3. The van der Waals surface area contributed by atoms with E-state index in [9.17, 15) is 4.79 Å². The van der Waals surface area contributed by atoms with Gasteiger partial charge in [0.15, 0.2) is 0 Å². The molecule has 0 bridgehead atoms. The van der Waals surface area contributed by atoms with Gasteiger partial charge in [-0.1, -0.05) is 29.8 Å². The highest BCUT2D eigenvalue weighted by atomic mass is 35.5. The fourth-order valence-corrected chi connectivity index (χ4v) is 2.46. The predicted molar refractivity (Wildman–Crippen MR) is 92.5 cm³/mol. The number of H-pyrrole nitrogens is 1. The summed E-state index contributed by atoms with van der Waals surface area (Å²) in [4.78, 5) is 24.0. The van der Waals surface area contributed by atoms with Crippen LogP contribution in [-0.2, 0) is 17.8 Å². The number of aromatic nitrogens is 2. The van der Waals surface area contributed by atoms with E-state index >= 15 is 0 Å². The second-order valence-electron chi connectivity index (χ2n) is 5.86. The minimum atomic E-state index is 0.0577. The van der Waals surface area contributed by atoms with Gasteiger partial charge in [0.1, 0.15) is 0 Å². The van der Waals surface area contributed by atoms with Crippen molar-refractivity contribution in [2.75, 3.05) is 27.2 Å². The van der Waals surface area contributed by atoms with Crippen LogP contribution in [0.5, 0.6) is 0 Å². The Balaban J connectivity index is 2.10. The maximum absolute atomic E-state index is 12.7. The Hall–Kier alpha value is -1.85. The zero-order chi connectivity index (χ0) is 16.8. The van der Waals surface area contributed by atoms with Gasteiger partial charge in [-0.3, -0.25) is 4.79 Å². The van der Waals surface area contributed by atoms with Gasteiger partial charge >= 0.3 is 0 Å². The summed E-state index contributed by atoms with van der Waals surface area (Å²) < 4.78 is 0. The third kappa shape index (κ3) is 5.08. The monoisotopic (exact) mass is 334 g/mol. The summed E-state index contributed by atoms with van der Waals surface area (Å²) in [7, 11) is 3.99. The first-order valence-corrected chi connectivity index (χ1v) is 8.00. The average molecular weight is 335 g/mol. The molecule has 1 N–H and O–H groups in total. The maximum atomic E-state index is 12.7. The molecule has 1 amide bonds. The molecule has 6 heteroatoms. The quantitative estimate of drug-likeness (QED) is 0.846. The molecule has 0 aliphatic carbocycles. The van der Waals surface area contributed by atoms with Gasteiger partial charge in [-0.15, -0.1) is 0 Å². The van der Waals surface area contributed by atoms with Crippen molar-refractivity contribution in [3.8, 4) is 0 Å². The van der Waals surface area contributed by atoms with E-state index in [1.807, 2.05) is 50.2 Å². The molecule has 0 aliphatic rings. The summed E-state index contributed by atoms with van der Waals surface area (Å²) in [5.41, 5.74) is 2.74. The van der Waals surface area contributed by atoms with Crippen molar-refractivity contribution in [1.82, 2.24) is 19.8 Å². The number of nitrogens with one attached hydrogen (secondary N) is 1. The third-order valence-corrected chi connectivity index (χ3v) is 4.11. The zero-order valence-corrected chi connectivity index (χ0v) is 14.6. The Morgan fingerprint density at radius 1 is 1.26 bits per heavy atom. The van der Waals surface area contributed by atoms with Gasteiger partial charge < -0.3 is 14.8 Å². The Kier molecular flexibility index (Phi) is 6.19. The Bertz CT molecular complexity index is 654. The smallest absolute Gasteiger partial charge is 0.227 e. The summed E-state index contributed by atoms with van der Waals surface area (Å²) in [6, 6.07) is 7.47. The van der Waals surface area contributed by atoms with E-state index in [4.69, 9.17) is 11.6 Å². The number of aromatic amines is 1. The second-order valence-corrected chi connectivity index (χ2v) is 6.27. The number of imidazole rings is 1. The number of hydrogen-bond donors (Lipinski definition) is 1. The van der Waals surface area contributed by atoms with Crippen LogP contribution in [0.1, 0.15) is 17.0 Å². The fourth-order valence-electron chi connectivity index (χ4n) is 2.26. The van der Waals surface area contributed by atoms with Gasteiger partial charge in [0.25, 0.3) is 0 Å². The molecule has 5 nitrogen and oxygen atoms in total. The number of amides is 1. The molecule has 0 fully saturated rings. The highest BCUT2D eigenvalue weighted by molar-refractivity contribution is 6.31. The minimum Gasteiger partial charge on any atom is -0.348 e. The fraction of sp³-hybridized carbons (Fsp3) is 0.412. The normalized spacial score (nSPS) is 11.0. The van der Waals surface area contributed by atoms with Crippen molar-refractivity contribution in [3.05, 3.63) is 52.6 Å². The zero-order valence-electron chi connectivity index (χ0n) is 13.8. The molecule has 0 saturated carbocycles. The molecule has 1 heterocycles. The molecule has 2 rings (SSSR count). The molecule has 2 aromatic rings. The van der Waals surface area contributed by atoms with Gasteiger partial charge in [0, 0.05) is 23.8 Å². The number of rotatable bonds is 7. The molecule has 23 heavy (non-hydrogen) atoms. The maximum Gasteiger partial charge on any atom is 0.227 e. The van der Waals surface area contributed by atoms with Crippen LogP contribution in [0.15, 0.2) is 30.6 Å². The van der Waals surface area contributed by atoms with Crippen LogP contribution < -0.4 is 0 Å². The van der Waals surface area contributed by atoms with Crippen LogP contribution in [0, 0.1) is 6.92 Å². The highest BCUT2D eigenvalue weighted by Gasteiger charge is 2.17. The van der Waals surface area contributed by atoms with Crippen molar-refractivity contribution in [3.63, 3.8) is 0 Å². The van der Waals surface area contributed by atoms with Crippen LogP contribution in [0.25, 0.3) is 0 Å². The van der Waals surface area contributed by atoms with E-state index in [2.05, 4.69) is 14.9 Å². The van der Waals surface area contributed by atoms with Crippen LogP contribution in [-0.4, -0.2) is 52.9 Å². The van der Waals surface area contributed by atoms with Gasteiger partial charge in [-0.2, -0.15) is 0 Å². The Morgan fingerprint density at radius 3 is 2.61 bits per heavy atom. The molecule has 1 aromatic carbocycles. The molecule has 0 unspecified atom stereocenters. The number of benzene rings is 1. The summed E-state index contributed by atoms with van der Waals surface area (Å²) in [6.45, 7) is 3.93. The first-order chi connectivity index (χ1) is 11.0. The standard InChI is InChI=1S/C17H23ClN4O/c1-13-16(20-12-19-13)11-22(9-8-21(2)3)17(23)10-14-6-4-5-7-15(14)18/h4-7,12H,8-11H2,1-3H3,(H,19,20). The molecule has 124 valence electrons. The lowest BCUT2D eigenvalue weighted by molar-refractivity contribution is -0.131. The van der Waals surface area contributed by atoms with Gasteiger partial charge in [-0.25, -0.2) is 4.98 Å². The summed E-state index contributed by atoms with van der Waals surface area (Å²) in [6.07, 6.45) is 1.96. The lowest BCUT2D eigenvalue weighted by Crippen LogP contribution is -2.37. The first-order valence-electron chi connectivity index (χ1n) is 7.62. The van der Waals surface area contributed by atoms with Gasteiger partial charge in [0.05, 0.1) is 25.0 Å². The van der Waals surface area contributed by atoms with Gasteiger partial charge in [0.2, 0.25) is 5.91 Å². The van der Waals surface area contributed by atoms with Crippen molar-refractivity contribution >= 4 is 17.5 Å². The lowest BCUT2D eigenvalue weighted by atomic mass is 10.1. The van der Waals surface area contributed by atoms with Crippen molar-refractivity contribution < 1.29 is 4.79 Å². The molecular formula is C17H23ClN4O. The number of hydrogen-bond acceptors (Lipinski definition) is 3. The Labute approximate surface area is 142 Å². The van der Waals surface area contributed by atoms with Crippen LogP contribution in [0.3, 0.4) is 0 Å². The third-order valence-electron chi connectivity index (χ3n) is 3.74. The van der Waals surface area contributed by atoms with Crippen molar-refractivity contribution in [2.24, 2.45) is 0 Å². The van der Waals surface area contributed by atoms with E-state index in [-0.39, 0.29) is 5.91 Å². The minimum absolute atomic E-state index is 0.0577. The van der Waals surface area contributed by atoms with Crippen molar-refractivity contribution in [1.29, 1.82) is 0 Å². The number of aryl methyl sites for hydroxylation is 1. The number of carbonyl (C=O) groups is 1.